The Hall–Kier alpha value is -2.48. The molecule has 0 saturated carbocycles. The predicted molar refractivity (Wildman–Crippen MR) is 113 cm³/mol. The van der Waals surface area contributed by atoms with Crippen LogP contribution in [0.15, 0.2) is 65.7 Å². The van der Waals surface area contributed by atoms with Crippen LogP contribution < -0.4 is 17.2 Å². The van der Waals surface area contributed by atoms with Crippen LogP contribution in [0.1, 0.15) is 20.7 Å². The number of aliphatic imine (C=N–C) groups is 1. The van der Waals surface area contributed by atoms with Gasteiger partial charge in [0.2, 0.25) is 0 Å². The maximum atomic E-state index is 11.2. The van der Waals surface area contributed by atoms with Crippen molar-refractivity contribution in [1.29, 1.82) is 0 Å². The van der Waals surface area contributed by atoms with Gasteiger partial charge in [0.1, 0.15) is 0 Å². The summed E-state index contributed by atoms with van der Waals surface area (Å²) >= 11 is 13.4. The highest BCUT2D eigenvalue weighted by molar-refractivity contribution is 7.80. The van der Waals surface area contributed by atoms with Crippen LogP contribution in [-0.2, 0) is 0 Å². The number of nitrogens with one attached hydrogen (secondary N) is 1. The Balaban J connectivity index is 0. The molecule has 6 nitrogen and oxygen atoms in total. The van der Waals surface area contributed by atoms with Crippen LogP contribution in [-0.4, -0.2) is 28.5 Å². The van der Waals surface area contributed by atoms with E-state index >= 15 is 0 Å². The SMILES string of the molecule is CCl.N.NC(=S)NC(=O)c1ccccc1.O=C(N=C=S)c1ccccc1. The monoisotopic (exact) mass is 410 g/mol. The van der Waals surface area contributed by atoms with Crippen LogP contribution >= 0.6 is 36.0 Å². The third-order valence-electron chi connectivity index (χ3n) is 2.44. The van der Waals surface area contributed by atoms with Gasteiger partial charge in [-0.05, 0) is 48.7 Å². The van der Waals surface area contributed by atoms with Crippen molar-refractivity contribution >= 4 is 58.1 Å². The van der Waals surface area contributed by atoms with Gasteiger partial charge in [-0.2, -0.15) is 4.99 Å². The largest absolute Gasteiger partial charge is 0.376 e. The molecule has 2 aromatic rings. The average Bonchev–Trinajstić information content (AvgIpc) is 2.65. The summed E-state index contributed by atoms with van der Waals surface area (Å²) in [7, 11) is 0. The van der Waals surface area contributed by atoms with Crippen molar-refractivity contribution < 1.29 is 9.59 Å². The number of nitrogens with two attached hydrogens (primary N) is 1. The molecule has 0 radical (unpaired) electrons. The summed E-state index contributed by atoms with van der Waals surface area (Å²) in [5.74, 6) is -0.622. The number of isothiocyanates is 1. The molecule has 0 bridgehead atoms. The highest BCUT2D eigenvalue weighted by atomic mass is 35.5. The molecule has 0 aliphatic rings. The Morgan fingerprint density at radius 2 is 1.42 bits per heavy atom. The number of halogens is 1. The molecule has 2 rings (SSSR count). The molecule has 0 saturated heterocycles. The van der Waals surface area contributed by atoms with Gasteiger partial charge in [-0.1, -0.05) is 36.4 Å². The lowest BCUT2D eigenvalue weighted by atomic mass is 10.2. The number of hydrogen-bond acceptors (Lipinski definition) is 5. The highest BCUT2D eigenvalue weighted by Crippen LogP contribution is 1.99. The van der Waals surface area contributed by atoms with Crippen LogP contribution in [0.5, 0.6) is 0 Å². The molecule has 0 fully saturated rings. The van der Waals surface area contributed by atoms with E-state index in [2.05, 4.69) is 46.3 Å². The average molecular weight is 411 g/mol. The second kappa shape index (κ2) is 16.0. The minimum atomic E-state index is -0.347. The lowest BCUT2D eigenvalue weighted by Gasteiger charge is -2.00. The van der Waals surface area contributed by atoms with Crippen molar-refractivity contribution in [2.45, 2.75) is 0 Å². The van der Waals surface area contributed by atoms with E-state index in [1.165, 1.54) is 6.38 Å². The minimum Gasteiger partial charge on any atom is -0.376 e. The summed E-state index contributed by atoms with van der Waals surface area (Å²) < 4.78 is 0. The fourth-order valence-corrected chi connectivity index (χ4v) is 1.64. The van der Waals surface area contributed by atoms with Crippen molar-refractivity contribution in [3.05, 3.63) is 71.8 Å². The third-order valence-corrected chi connectivity index (χ3v) is 2.63. The molecule has 0 aliphatic heterocycles. The van der Waals surface area contributed by atoms with Gasteiger partial charge in [-0.25, -0.2) is 0 Å². The number of carbonyl (C=O) groups excluding carboxylic acids is 2. The van der Waals surface area contributed by atoms with E-state index in [1.54, 1.807) is 48.5 Å². The zero-order valence-electron chi connectivity index (χ0n) is 14.0. The fraction of sp³-hybridized carbons (Fsp3) is 0.0588. The number of hydrogen-bond donors (Lipinski definition) is 3. The Morgan fingerprint density at radius 1 is 1.00 bits per heavy atom. The molecule has 138 valence electrons. The van der Waals surface area contributed by atoms with Crippen LogP contribution in [0.3, 0.4) is 0 Å². The van der Waals surface area contributed by atoms with Gasteiger partial charge in [0.05, 0.1) is 5.16 Å². The van der Waals surface area contributed by atoms with Crippen LogP contribution in [0.4, 0.5) is 0 Å². The maximum Gasteiger partial charge on any atom is 0.285 e. The number of thiocarbonyl (C=S) groups is 2. The molecule has 9 heteroatoms. The van der Waals surface area contributed by atoms with Crippen LogP contribution in [0, 0.1) is 0 Å². The second-order valence-electron chi connectivity index (χ2n) is 4.06. The topological polar surface area (TPSA) is 120 Å². The third kappa shape index (κ3) is 11.1. The summed E-state index contributed by atoms with van der Waals surface area (Å²) in [4.78, 5) is 25.4. The first-order valence-corrected chi connectivity index (χ1v) is 8.32. The highest BCUT2D eigenvalue weighted by Gasteiger charge is 2.03. The zero-order valence-corrected chi connectivity index (χ0v) is 16.4. The number of alkyl halides is 1. The second-order valence-corrected chi connectivity index (χ2v) is 4.68. The Morgan fingerprint density at radius 3 is 1.81 bits per heavy atom. The molecule has 0 atom stereocenters. The molecule has 2 aromatic carbocycles. The first kappa shape index (κ1) is 25.8. The smallest absolute Gasteiger partial charge is 0.285 e. The summed E-state index contributed by atoms with van der Waals surface area (Å²) in [6, 6.07) is 17.5. The number of amides is 2. The molecular weight excluding hydrogens is 392 g/mol. The van der Waals surface area contributed by atoms with Crippen LogP contribution in [0.2, 0.25) is 0 Å². The first-order valence-electron chi connectivity index (χ1n) is 6.75. The summed E-state index contributed by atoms with van der Waals surface area (Å²) in [6.07, 6.45) is 1.47. The quantitative estimate of drug-likeness (QED) is 0.395. The van der Waals surface area contributed by atoms with Crippen molar-refractivity contribution in [2.24, 2.45) is 10.7 Å². The lowest BCUT2D eigenvalue weighted by Crippen LogP contribution is -2.34. The Bertz CT molecular complexity index is 737. The molecule has 0 unspecified atom stereocenters. The molecule has 0 aliphatic carbocycles. The molecule has 2 amide bonds. The molecule has 6 N–H and O–H groups in total. The maximum absolute atomic E-state index is 11.2. The van der Waals surface area contributed by atoms with Gasteiger partial charge >= 0.3 is 0 Å². The summed E-state index contributed by atoms with van der Waals surface area (Å²) in [5, 5.41) is 4.34. The normalized spacial score (nSPS) is 7.92. The molecular formula is C17H19ClN4O2S2. The molecule has 26 heavy (non-hydrogen) atoms. The van der Waals surface area contributed by atoms with E-state index in [9.17, 15) is 9.59 Å². The Labute approximate surface area is 168 Å². The van der Waals surface area contributed by atoms with Gasteiger partial charge < -0.3 is 11.9 Å². The predicted octanol–water partition coefficient (Wildman–Crippen LogP) is 3.61. The van der Waals surface area contributed by atoms with E-state index in [1.807, 2.05) is 17.3 Å². The van der Waals surface area contributed by atoms with Crippen molar-refractivity contribution in [3.8, 4) is 0 Å². The Kier molecular flexibility index (Phi) is 15.9. The zero-order chi connectivity index (χ0) is 19.1. The number of rotatable bonds is 2. The number of carbonyl (C=O) groups is 2. The van der Waals surface area contributed by atoms with E-state index in [4.69, 9.17) is 5.73 Å². The van der Waals surface area contributed by atoms with Crippen molar-refractivity contribution in [3.63, 3.8) is 0 Å². The molecule has 0 spiro atoms. The molecule has 0 heterocycles. The van der Waals surface area contributed by atoms with Crippen molar-refractivity contribution in [2.75, 3.05) is 6.38 Å². The summed E-state index contributed by atoms with van der Waals surface area (Å²) in [6.45, 7) is 0. The van der Waals surface area contributed by atoms with Gasteiger partial charge in [0, 0.05) is 17.5 Å². The summed E-state index contributed by atoms with van der Waals surface area (Å²) in [5.41, 5.74) is 6.21. The van der Waals surface area contributed by atoms with E-state index in [0.29, 0.717) is 11.1 Å². The number of benzene rings is 2. The van der Waals surface area contributed by atoms with Gasteiger partial charge in [0.15, 0.2) is 5.11 Å². The van der Waals surface area contributed by atoms with Crippen LogP contribution in [0.25, 0.3) is 0 Å². The minimum absolute atomic E-state index is 0. The number of nitrogens with zero attached hydrogens (tertiary/aromatic N) is 1. The van der Waals surface area contributed by atoms with Gasteiger partial charge in [0.25, 0.3) is 11.8 Å². The van der Waals surface area contributed by atoms with Gasteiger partial charge in [-0.15, -0.1) is 11.6 Å². The van der Waals surface area contributed by atoms with Crippen molar-refractivity contribution in [1.82, 2.24) is 11.5 Å². The van der Waals surface area contributed by atoms with E-state index in [0.717, 1.165) is 0 Å². The van der Waals surface area contributed by atoms with Gasteiger partial charge in [-0.3, -0.25) is 14.9 Å². The van der Waals surface area contributed by atoms with E-state index < -0.39 is 0 Å². The molecule has 0 aromatic heterocycles. The van der Waals surface area contributed by atoms with E-state index in [-0.39, 0.29) is 23.1 Å². The first-order chi connectivity index (χ1) is 12.0. The lowest BCUT2D eigenvalue weighted by molar-refractivity contribution is 0.0975. The fourth-order valence-electron chi connectivity index (χ4n) is 1.46. The standard InChI is InChI=1S/C8H8N2OS.C8H5NOS.CH3Cl.H3N/c9-8(12)10-7(11)6-4-2-1-3-5-6;10-8(9-6-11)7-4-2-1-3-5-7;1-2;/h1-5H,(H3,9,10,11,12);1-5H;1H3;1H3.